The van der Waals surface area contributed by atoms with E-state index in [1.807, 2.05) is 17.0 Å². The first-order chi connectivity index (χ1) is 12.3. The molecule has 26 heavy (non-hydrogen) atoms. The van der Waals surface area contributed by atoms with Crippen LogP contribution in [0.25, 0.3) is 0 Å². The monoisotopic (exact) mass is 397 g/mol. The summed E-state index contributed by atoms with van der Waals surface area (Å²) in [6.07, 6.45) is 0.904. The van der Waals surface area contributed by atoms with Gasteiger partial charge < -0.3 is 15.3 Å². The predicted octanol–water partition coefficient (Wildman–Crippen LogP) is 2.74. The number of carboxylic acid groups (broad SMARTS) is 3. The zero-order valence-electron chi connectivity index (χ0n) is 13.5. The van der Waals surface area contributed by atoms with Gasteiger partial charge in [-0.3, -0.25) is 9.69 Å². The summed E-state index contributed by atoms with van der Waals surface area (Å²) in [5.74, 6) is -4.50. The molecule has 0 unspecified atom stereocenters. The van der Waals surface area contributed by atoms with E-state index in [1.165, 1.54) is 10.4 Å². The first-order valence-corrected chi connectivity index (χ1v) is 8.79. The molecular formula is C17H16ClNO6S. The highest BCUT2D eigenvalue weighted by molar-refractivity contribution is 7.10. The van der Waals surface area contributed by atoms with Crippen LogP contribution in [0.1, 0.15) is 22.0 Å². The Morgan fingerprint density at radius 3 is 2.31 bits per heavy atom. The van der Waals surface area contributed by atoms with Crippen LogP contribution in [-0.2, 0) is 27.3 Å². The van der Waals surface area contributed by atoms with Crippen molar-refractivity contribution < 1.29 is 29.7 Å². The molecule has 0 aliphatic carbocycles. The number of nitrogens with zero attached hydrogens (tertiary/aromatic N) is 1. The van der Waals surface area contributed by atoms with E-state index in [0.29, 0.717) is 17.1 Å². The van der Waals surface area contributed by atoms with Crippen molar-refractivity contribution in [3.05, 3.63) is 56.7 Å². The molecule has 1 aliphatic rings. The molecular weight excluding hydrogens is 382 g/mol. The molecule has 0 spiro atoms. The first kappa shape index (κ1) is 19.9. The Bertz CT molecular complexity index is 809. The molecule has 3 rings (SSSR count). The molecule has 1 aliphatic heterocycles. The lowest BCUT2D eigenvalue weighted by Crippen LogP contribution is -2.37. The van der Waals surface area contributed by atoms with Crippen LogP contribution < -0.4 is 0 Å². The molecule has 1 atom stereocenters. The van der Waals surface area contributed by atoms with Gasteiger partial charge in [0, 0.05) is 23.0 Å². The van der Waals surface area contributed by atoms with Crippen LogP contribution in [0.3, 0.4) is 0 Å². The number of halogens is 1. The molecule has 7 nitrogen and oxygen atoms in total. The van der Waals surface area contributed by atoms with Crippen molar-refractivity contribution in [2.45, 2.75) is 19.0 Å². The van der Waals surface area contributed by atoms with Crippen LogP contribution in [0.4, 0.5) is 0 Å². The van der Waals surface area contributed by atoms with Crippen LogP contribution in [-0.4, -0.2) is 44.7 Å². The topological polar surface area (TPSA) is 115 Å². The summed E-state index contributed by atoms with van der Waals surface area (Å²) in [5, 5.41) is 27.0. The lowest BCUT2D eigenvalue weighted by Gasteiger charge is -2.32. The molecule has 0 radical (unpaired) electrons. The number of aliphatic carboxylic acids is 3. The average molecular weight is 398 g/mol. The fraction of sp³-hybridized carbons (Fsp3) is 0.235. The first-order valence-electron chi connectivity index (χ1n) is 7.54. The summed E-state index contributed by atoms with van der Waals surface area (Å²) in [4.78, 5) is 33.3. The maximum absolute atomic E-state index is 11.7. The number of carboxylic acids is 3. The van der Waals surface area contributed by atoms with E-state index in [2.05, 4.69) is 11.4 Å². The molecule has 0 fully saturated rings. The zero-order valence-corrected chi connectivity index (χ0v) is 15.0. The minimum absolute atomic E-state index is 0.510. The Balaban J connectivity index is 0.000000352. The highest BCUT2D eigenvalue weighted by Crippen LogP contribution is 2.33. The Hall–Kier alpha value is -2.42. The van der Waals surface area contributed by atoms with Crippen LogP contribution in [0.15, 0.2) is 35.7 Å². The van der Waals surface area contributed by atoms with Gasteiger partial charge in [0.05, 0.1) is 0 Å². The Kier molecular flexibility index (Phi) is 6.73. The van der Waals surface area contributed by atoms with Gasteiger partial charge in [0.1, 0.15) is 6.04 Å². The minimum atomic E-state index is -1.82. The lowest BCUT2D eigenvalue weighted by molar-refractivity contribution is -0.159. The van der Waals surface area contributed by atoms with Gasteiger partial charge >= 0.3 is 17.9 Å². The molecule has 0 bridgehead atoms. The number of thiophene rings is 1. The highest BCUT2D eigenvalue weighted by Gasteiger charge is 2.31. The Morgan fingerprint density at radius 1 is 1.08 bits per heavy atom. The molecule has 0 saturated heterocycles. The summed E-state index contributed by atoms with van der Waals surface area (Å²) < 4.78 is 0. The van der Waals surface area contributed by atoms with E-state index >= 15 is 0 Å². The second kappa shape index (κ2) is 8.79. The van der Waals surface area contributed by atoms with Gasteiger partial charge in [-0.15, -0.1) is 11.3 Å². The Morgan fingerprint density at radius 2 is 1.73 bits per heavy atom. The molecule has 3 N–H and O–H groups in total. The fourth-order valence-corrected chi connectivity index (χ4v) is 3.80. The molecule has 0 amide bonds. The van der Waals surface area contributed by atoms with Crippen molar-refractivity contribution >= 4 is 40.8 Å². The van der Waals surface area contributed by atoms with Crippen molar-refractivity contribution in [3.63, 3.8) is 0 Å². The Labute approximate surface area is 158 Å². The van der Waals surface area contributed by atoms with Gasteiger partial charge in [0.15, 0.2) is 0 Å². The molecule has 9 heteroatoms. The van der Waals surface area contributed by atoms with E-state index in [4.69, 9.17) is 31.4 Å². The third kappa shape index (κ3) is 4.81. The molecule has 2 heterocycles. The smallest absolute Gasteiger partial charge is 0.414 e. The van der Waals surface area contributed by atoms with E-state index < -0.39 is 23.9 Å². The molecule has 1 aromatic carbocycles. The fourth-order valence-electron chi connectivity index (χ4n) is 2.67. The molecule has 138 valence electrons. The SMILES string of the molecule is O=C(O)C(=O)O.O=C(O)[C@H](c1ccccc1Cl)N1CCc2sccc2C1. The quantitative estimate of drug-likeness (QED) is 0.682. The lowest BCUT2D eigenvalue weighted by atomic mass is 10.0. The summed E-state index contributed by atoms with van der Waals surface area (Å²) in [5.41, 5.74) is 1.90. The maximum Gasteiger partial charge on any atom is 0.414 e. The second-order valence-electron chi connectivity index (χ2n) is 5.46. The van der Waals surface area contributed by atoms with Gasteiger partial charge in [0.25, 0.3) is 0 Å². The predicted molar refractivity (Wildman–Crippen MR) is 95.5 cm³/mol. The van der Waals surface area contributed by atoms with Crippen molar-refractivity contribution in [1.29, 1.82) is 0 Å². The average Bonchev–Trinajstić information content (AvgIpc) is 3.05. The minimum Gasteiger partial charge on any atom is -0.480 e. The normalized spacial score (nSPS) is 14.5. The van der Waals surface area contributed by atoms with Crippen molar-refractivity contribution in [1.82, 2.24) is 4.90 Å². The maximum atomic E-state index is 11.7. The summed E-state index contributed by atoms with van der Waals surface area (Å²) >= 11 is 7.92. The summed E-state index contributed by atoms with van der Waals surface area (Å²) in [6.45, 7) is 1.41. The van der Waals surface area contributed by atoms with Crippen LogP contribution in [0.2, 0.25) is 5.02 Å². The van der Waals surface area contributed by atoms with E-state index in [0.717, 1.165) is 13.0 Å². The van der Waals surface area contributed by atoms with Gasteiger partial charge in [-0.2, -0.15) is 0 Å². The third-order valence-corrected chi connectivity index (χ3v) is 5.19. The largest absolute Gasteiger partial charge is 0.480 e. The van der Waals surface area contributed by atoms with Crippen LogP contribution in [0.5, 0.6) is 0 Å². The summed E-state index contributed by atoms with van der Waals surface area (Å²) in [6, 6.07) is 8.58. The van der Waals surface area contributed by atoms with Gasteiger partial charge in [-0.1, -0.05) is 29.8 Å². The van der Waals surface area contributed by atoms with E-state index in [9.17, 15) is 9.90 Å². The second-order valence-corrected chi connectivity index (χ2v) is 6.87. The summed E-state index contributed by atoms with van der Waals surface area (Å²) in [7, 11) is 0. The van der Waals surface area contributed by atoms with Crippen molar-refractivity contribution in [2.24, 2.45) is 0 Å². The number of fused-ring (bicyclic) bond motifs is 1. The number of hydrogen-bond donors (Lipinski definition) is 3. The highest BCUT2D eigenvalue weighted by atomic mass is 35.5. The van der Waals surface area contributed by atoms with E-state index in [1.54, 1.807) is 23.5 Å². The van der Waals surface area contributed by atoms with Gasteiger partial charge in [-0.25, -0.2) is 9.59 Å². The molecule has 2 aromatic rings. The van der Waals surface area contributed by atoms with Crippen molar-refractivity contribution in [3.8, 4) is 0 Å². The van der Waals surface area contributed by atoms with Crippen LogP contribution in [0, 0.1) is 0 Å². The van der Waals surface area contributed by atoms with Crippen molar-refractivity contribution in [2.75, 3.05) is 6.54 Å². The van der Waals surface area contributed by atoms with Crippen LogP contribution >= 0.6 is 22.9 Å². The number of hydrogen-bond acceptors (Lipinski definition) is 5. The number of benzene rings is 1. The number of rotatable bonds is 3. The van der Waals surface area contributed by atoms with Gasteiger partial charge in [0.2, 0.25) is 0 Å². The van der Waals surface area contributed by atoms with Gasteiger partial charge in [-0.05, 0) is 35.1 Å². The standard InChI is InChI=1S/C15H14ClNO2S.C2H2O4/c16-12-4-2-1-3-11(12)14(15(18)19)17-7-5-13-10(9-17)6-8-20-13;3-1(4)2(5)6/h1-4,6,8,14H,5,7,9H2,(H,18,19);(H,3,4)(H,5,6)/t14-;/m0./s1. The number of carbonyl (C=O) groups is 3. The zero-order chi connectivity index (χ0) is 19.3. The third-order valence-electron chi connectivity index (χ3n) is 3.82. The molecule has 0 saturated carbocycles. The van der Waals surface area contributed by atoms with E-state index in [-0.39, 0.29) is 0 Å². The molecule has 1 aromatic heterocycles.